The van der Waals surface area contributed by atoms with E-state index in [-0.39, 0.29) is 18.4 Å². The van der Waals surface area contributed by atoms with E-state index in [0.717, 1.165) is 56.6 Å². The van der Waals surface area contributed by atoms with E-state index in [1.807, 2.05) is 6.92 Å². The average Bonchev–Trinajstić information content (AvgIpc) is 3.18. The minimum Gasteiger partial charge on any atom is -0.343 e. The van der Waals surface area contributed by atoms with Crippen molar-refractivity contribution in [1.29, 1.82) is 0 Å². The number of nitrogens with zero attached hydrogens (tertiary/aromatic N) is 3. The van der Waals surface area contributed by atoms with E-state index in [0.29, 0.717) is 5.15 Å². The molecule has 1 fully saturated rings. The van der Waals surface area contributed by atoms with Crippen LogP contribution in [0.25, 0.3) is 6.08 Å². The lowest BCUT2D eigenvalue weighted by Gasteiger charge is -2.14. The lowest BCUT2D eigenvalue weighted by molar-refractivity contribution is -0.131. The van der Waals surface area contributed by atoms with Crippen LogP contribution in [-0.2, 0) is 16.1 Å². The predicted molar refractivity (Wildman–Crippen MR) is 94.7 cm³/mol. The molecule has 2 amide bonds. The zero-order valence-electron chi connectivity index (χ0n) is 14.3. The first kappa shape index (κ1) is 18.5. The average molecular weight is 353 g/mol. The summed E-state index contributed by atoms with van der Waals surface area (Å²) in [5.74, 6) is -0.338. The monoisotopic (exact) mass is 352 g/mol. The fourth-order valence-electron chi connectivity index (χ4n) is 2.67. The van der Waals surface area contributed by atoms with Crippen molar-refractivity contribution in [3.8, 4) is 0 Å². The molecule has 0 radical (unpaired) electrons. The summed E-state index contributed by atoms with van der Waals surface area (Å²) in [6.07, 6.45) is 7.20. The predicted octanol–water partition coefficient (Wildman–Crippen LogP) is 2.40. The number of unbranched alkanes of at least 4 members (excludes halogenated alkanes) is 1. The molecule has 0 bridgehead atoms. The molecule has 132 valence electrons. The number of hydrogen-bond acceptors (Lipinski definition) is 3. The molecule has 0 unspecified atom stereocenters. The Balaban J connectivity index is 1.89. The SMILES string of the molecule is CCCCn1nc(C)c(/C=C/C(=O)NCC(=O)N2CCCC2)c1Cl. The maximum atomic E-state index is 11.9. The molecule has 1 N–H and O–H groups in total. The van der Waals surface area contributed by atoms with E-state index in [2.05, 4.69) is 17.3 Å². The first-order valence-electron chi connectivity index (χ1n) is 8.49. The molecule has 1 aliphatic rings. The van der Waals surface area contributed by atoms with E-state index in [1.165, 1.54) is 6.08 Å². The number of aryl methyl sites for hydroxylation is 2. The molecule has 6 nitrogen and oxygen atoms in total. The summed E-state index contributed by atoms with van der Waals surface area (Å²) in [6, 6.07) is 0. The minimum absolute atomic E-state index is 0.0316. The van der Waals surface area contributed by atoms with Crippen LogP contribution in [0.1, 0.15) is 43.9 Å². The van der Waals surface area contributed by atoms with E-state index in [4.69, 9.17) is 11.6 Å². The Morgan fingerprint density at radius 2 is 2.04 bits per heavy atom. The largest absolute Gasteiger partial charge is 0.343 e. The van der Waals surface area contributed by atoms with Crippen molar-refractivity contribution in [2.75, 3.05) is 19.6 Å². The number of aromatic nitrogens is 2. The van der Waals surface area contributed by atoms with Crippen molar-refractivity contribution in [3.05, 3.63) is 22.5 Å². The summed E-state index contributed by atoms with van der Waals surface area (Å²) >= 11 is 6.32. The van der Waals surface area contributed by atoms with Crippen LogP contribution in [0.15, 0.2) is 6.08 Å². The van der Waals surface area contributed by atoms with E-state index in [9.17, 15) is 9.59 Å². The summed E-state index contributed by atoms with van der Waals surface area (Å²) in [6.45, 7) is 6.35. The van der Waals surface area contributed by atoms with Gasteiger partial charge in [-0.05, 0) is 32.3 Å². The lowest BCUT2D eigenvalue weighted by Crippen LogP contribution is -2.38. The molecular formula is C17H25ClN4O2. The summed E-state index contributed by atoms with van der Waals surface area (Å²) in [5, 5.41) is 7.56. The number of rotatable bonds is 7. The molecule has 1 aliphatic heterocycles. The third-order valence-electron chi connectivity index (χ3n) is 4.11. The molecule has 2 heterocycles. The highest BCUT2D eigenvalue weighted by Crippen LogP contribution is 2.21. The topological polar surface area (TPSA) is 67.2 Å². The summed E-state index contributed by atoms with van der Waals surface area (Å²) in [5.41, 5.74) is 1.53. The van der Waals surface area contributed by atoms with Gasteiger partial charge in [-0.15, -0.1) is 0 Å². The normalized spacial score (nSPS) is 14.5. The molecule has 0 spiro atoms. The Labute approximate surface area is 147 Å². The van der Waals surface area contributed by atoms with Crippen molar-refractivity contribution >= 4 is 29.5 Å². The number of carbonyl (C=O) groups is 2. The quantitative estimate of drug-likeness (QED) is 0.766. The fourth-order valence-corrected chi connectivity index (χ4v) is 2.99. The van der Waals surface area contributed by atoms with Crippen molar-refractivity contribution in [3.63, 3.8) is 0 Å². The Kier molecular flexibility index (Phi) is 6.85. The standard InChI is InChI=1S/C17H25ClN4O2/c1-3-4-11-22-17(18)14(13(2)20-22)7-8-15(23)19-12-16(24)21-9-5-6-10-21/h7-8H,3-6,9-12H2,1-2H3,(H,19,23)/b8-7+. The molecule has 2 rings (SSSR count). The van der Waals surface area contributed by atoms with E-state index in [1.54, 1.807) is 15.7 Å². The molecule has 24 heavy (non-hydrogen) atoms. The molecule has 1 aromatic heterocycles. The van der Waals surface area contributed by atoms with Crippen LogP contribution in [0.4, 0.5) is 0 Å². The van der Waals surface area contributed by atoms with Crippen LogP contribution in [0.5, 0.6) is 0 Å². The van der Waals surface area contributed by atoms with Crippen molar-refractivity contribution in [1.82, 2.24) is 20.0 Å². The van der Waals surface area contributed by atoms with Crippen molar-refractivity contribution in [2.24, 2.45) is 0 Å². The number of nitrogens with one attached hydrogen (secondary N) is 1. The van der Waals surface area contributed by atoms with Gasteiger partial charge in [-0.25, -0.2) is 0 Å². The molecule has 0 aromatic carbocycles. The highest BCUT2D eigenvalue weighted by Gasteiger charge is 2.17. The third kappa shape index (κ3) is 4.84. The van der Waals surface area contributed by atoms with Gasteiger partial charge in [0.25, 0.3) is 0 Å². The molecule has 1 saturated heterocycles. The van der Waals surface area contributed by atoms with Crippen LogP contribution in [0.2, 0.25) is 5.15 Å². The Bertz CT molecular complexity index is 618. The van der Waals surface area contributed by atoms with Crippen molar-refractivity contribution in [2.45, 2.75) is 46.1 Å². The Hall–Kier alpha value is -1.82. The lowest BCUT2D eigenvalue weighted by atomic mass is 10.2. The second-order valence-corrected chi connectivity index (χ2v) is 6.36. The van der Waals surface area contributed by atoms with Gasteiger partial charge in [-0.2, -0.15) is 5.10 Å². The number of halogens is 1. The van der Waals surface area contributed by atoms with E-state index >= 15 is 0 Å². The third-order valence-corrected chi connectivity index (χ3v) is 4.51. The second-order valence-electron chi connectivity index (χ2n) is 6.01. The summed E-state index contributed by atoms with van der Waals surface area (Å²) < 4.78 is 1.76. The maximum Gasteiger partial charge on any atom is 0.244 e. The zero-order chi connectivity index (χ0) is 17.5. The van der Waals surface area contributed by atoms with Gasteiger partial charge >= 0.3 is 0 Å². The summed E-state index contributed by atoms with van der Waals surface area (Å²) in [7, 11) is 0. The molecule has 0 atom stereocenters. The highest BCUT2D eigenvalue weighted by atomic mass is 35.5. The Morgan fingerprint density at radius 1 is 1.33 bits per heavy atom. The fraction of sp³-hybridized carbons (Fsp3) is 0.588. The molecule has 0 aliphatic carbocycles. The molecule has 1 aromatic rings. The first-order chi connectivity index (χ1) is 11.5. The number of likely N-dealkylation sites (tertiary alicyclic amines) is 1. The minimum atomic E-state index is -0.306. The second kappa shape index (κ2) is 8.87. The van der Waals surface area contributed by atoms with Gasteiger partial charge in [0.15, 0.2) is 0 Å². The number of hydrogen-bond donors (Lipinski definition) is 1. The Morgan fingerprint density at radius 3 is 2.71 bits per heavy atom. The number of carbonyl (C=O) groups excluding carboxylic acids is 2. The van der Waals surface area contributed by atoms with Gasteiger partial charge in [-0.3, -0.25) is 14.3 Å². The van der Waals surface area contributed by atoms with Gasteiger partial charge < -0.3 is 10.2 Å². The molecule has 7 heteroatoms. The highest BCUT2D eigenvalue weighted by molar-refractivity contribution is 6.31. The first-order valence-corrected chi connectivity index (χ1v) is 8.87. The van der Waals surface area contributed by atoms with Gasteiger partial charge in [0.2, 0.25) is 11.8 Å². The molecular weight excluding hydrogens is 328 g/mol. The maximum absolute atomic E-state index is 11.9. The van der Waals surface area contributed by atoms with Crippen LogP contribution in [0.3, 0.4) is 0 Å². The van der Waals surface area contributed by atoms with Gasteiger partial charge in [-0.1, -0.05) is 24.9 Å². The van der Waals surface area contributed by atoms with Gasteiger partial charge in [0, 0.05) is 31.3 Å². The van der Waals surface area contributed by atoms with E-state index < -0.39 is 0 Å². The van der Waals surface area contributed by atoms with Crippen LogP contribution in [-0.4, -0.2) is 46.1 Å². The van der Waals surface area contributed by atoms with Crippen LogP contribution in [0, 0.1) is 6.92 Å². The smallest absolute Gasteiger partial charge is 0.244 e. The molecule has 0 saturated carbocycles. The van der Waals surface area contributed by atoms with Crippen LogP contribution < -0.4 is 5.32 Å². The zero-order valence-corrected chi connectivity index (χ0v) is 15.1. The number of amides is 2. The van der Waals surface area contributed by atoms with Gasteiger partial charge in [0.05, 0.1) is 12.2 Å². The summed E-state index contributed by atoms with van der Waals surface area (Å²) in [4.78, 5) is 25.6. The van der Waals surface area contributed by atoms with Gasteiger partial charge in [0.1, 0.15) is 5.15 Å². The van der Waals surface area contributed by atoms with Crippen LogP contribution >= 0.6 is 11.6 Å². The van der Waals surface area contributed by atoms with Crippen molar-refractivity contribution < 1.29 is 9.59 Å².